The fourth-order valence-electron chi connectivity index (χ4n) is 3.28. The van der Waals surface area contributed by atoms with Crippen molar-refractivity contribution in [3.63, 3.8) is 0 Å². The molecule has 2 N–H and O–H groups in total. The molecule has 8 nitrogen and oxygen atoms in total. The molecular weight excluding hydrogens is 543 g/mol. The molecule has 0 unspecified atom stereocenters. The van der Waals surface area contributed by atoms with Gasteiger partial charge in [0.2, 0.25) is 0 Å². The molecule has 39 heavy (non-hydrogen) atoms. The van der Waals surface area contributed by atoms with Crippen molar-refractivity contribution >= 4 is 47.3 Å². The number of carbonyl (C=O) groups excluding carboxylic acids is 3. The molecule has 0 bridgehead atoms. The summed E-state index contributed by atoms with van der Waals surface area (Å²) in [5, 5.41) is 15.0. The Morgan fingerprint density at radius 3 is 1.92 bits per heavy atom. The van der Waals surface area contributed by atoms with Gasteiger partial charge in [-0.25, -0.2) is 15.0 Å². The van der Waals surface area contributed by atoms with Gasteiger partial charge in [0.15, 0.2) is 6.10 Å². The van der Waals surface area contributed by atoms with Gasteiger partial charge in [0.25, 0.3) is 5.91 Å². The van der Waals surface area contributed by atoms with Gasteiger partial charge in [-0.1, -0.05) is 53.5 Å². The fraction of sp³-hybridized carbons (Fsp3) is 0.0345. The number of nitrogens with one attached hydrogen (secondary N) is 1. The third-order valence-electron chi connectivity index (χ3n) is 5.30. The second-order valence-electron chi connectivity index (χ2n) is 8.04. The first-order chi connectivity index (χ1) is 18.8. The lowest BCUT2D eigenvalue weighted by Gasteiger charge is -2.11. The molecule has 0 spiro atoms. The largest absolute Gasteiger partial charge is 0.423 e. The summed E-state index contributed by atoms with van der Waals surface area (Å²) < 4.78 is 11.0. The first kappa shape index (κ1) is 27.5. The second-order valence-corrected chi connectivity index (χ2v) is 8.91. The highest BCUT2D eigenvalue weighted by molar-refractivity contribution is 6.31. The van der Waals surface area contributed by atoms with Crippen molar-refractivity contribution in [1.82, 2.24) is 5.43 Å². The van der Waals surface area contributed by atoms with Crippen LogP contribution in [0.3, 0.4) is 0 Å². The van der Waals surface area contributed by atoms with E-state index in [-0.39, 0.29) is 28.2 Å². The number of rotatable bonds is 8. The molecule has 0 radical (unpaired) electrons. The van der Waals surface area contributed by atoms with Gasteiger partial charge < -0.3 is 14.6 Å². The SMILES string of the molecule is O=C(Oc1ccc(/C=N\NC(=O)[C@H](O)c2ccccc2)c(OC(=O)c2ccc(Cl)cc2)c1)c1ccc(Cl)cc1. The van der Waals surface area contributed by atoms with Gasteiger partial charge in [-0.3, -0.25) is 4.79 Å². The van der Waals surface area contributed by atoms with Crippen LogP contribution in [0.2, 0.25) is 10.0 Å². The average Bonchev–Trinajstić information content (AvgIpc) is 2.94. The van der Waals surface area contributed by atoms with Crippen molar-refractivity contribution in [3.05, 3.63) is 129 Å². The van der Waals surface area contributed by atoms with E-state index in [0.29, 0.717) is 15.6 Å². The van der Waals surface area contributed by atoms with Gasteiger partial charge in [-0.2, -0.15) is 5.10 Å². The number of benzene rings is 4. The predicted octanol–water partition coefficient (Wildman–Crippen LogP) is 5.62. The highest BCUT2D eigenvalue weighted by Gasteiger charge is 2.17. The summed E-state index contributed by atoms with van der Waals surface area (Å²) in [5.74, 6) is -2.02. The van der Waals surface area contributed by atoms with Crippen molar-refractivity contribution in [1.29, 1.82) is 0 Å². The number of hydrogen-bond acceptors (Lipinski definition) is 7. The minimum Gasteiger partial charge on any atom is -0.423 e. The molecule has 0 saturated carbocycles. The molecule has 1 amide bonds. The lowest BCUT2D eigenvalue weighted by atomic mass is 10.1. The first-order valence-corrected chi connectivity index (χ1v) is 12.2. The molecular formula is C29H20Cl2N2O6. The number of carbonyl (C=O) groups is 3. The van der Waals surface area contributed by atoms with E-state index in [2.05, 4.69) is 10.5 Å². The molecule has 0 fully saturated rings. The summed E-state index contributed by atoms with van der Waals surface area (Å²) >= 11 is 11.8. The molecule has 0 aliphatic rings. The van der Waals surface area contributed by atoms with Gasteiger partial charge in [-0.15, -0.1) is 0 Å². The van der Waals surface area contributed by atoms with E-state index in [1.54, 1.807) is 54.6 Å². The number of ether oxygens (including phenoxy) is 2. The summed E-state index contributed by atoms with van der Waals surface area (Å²) in [5.41, 5.74) is 3.42. The molecule has 1 atom stereocenters. The van der Waals surface area contributed by atoms with Gasteiger partial charge in [0.05, 0.1) is 17.3 Å². The lowest BCUT2D eigenvalue weighted by molar-refractivity contribution is -0.129. The van der Waals surface area contributed by atoms with E-state index in [1.807, 2.05) is 0 Å². The van der Waals surface area contributed by atoms with E-state index in [1.165, 1.54) is 48.7 Å². The number of amides is 1. The molecule has 196 valence electrons. The summed E-state index contributed by atoms with van der Waals surface area (Å²) in [6, 6.07) is 24.8. The van der Waals surface area contributed by atoms with Crippen LogP contribution in [0.5, 0.6) is 11.5 Å². The molecule has 0 saturated heterocycles. The Labute approximate surface area is 233 Å². The van der Waals surface area contributed by atoms with E-state index >= 15 is 0 Å². The number of aliphatic hydroxyl groups is 1. The zero-order valence-electron chi connectivity index (χ0n) is 20.1. The quantitative estimate of drug-likeness (QED) is 0.125. The minimum atomic E-state index is -1.43. The maximum atomic E-state index is 12.8. The maximum absolute atomic E-state index is 12.8. The van der Waals surface area contributed by atoms with Crippen LogP contribution in [0, 0.1) is 0 Å². The number of hydrazone groups is 1. The Balaban J connectivity index is 1.54. The molecule has 0 aliphatic carbocycles. The standard InChI is InChI=1S/C29H20Cl2N2O6/c30-22-11-6-19(7-12-22)28(36)38-24-15-10-21(17-32-33-27(35)26(34)18-4-2-1-3-5-18)25(16-24)39-29(37)20-8-13-23(31)14-9-20/h1-17,26,34H,(H,33,35)/b32-17-/t26-/m1/s1. The zero-order chi connectivity index (χ0) is 27.8. The Morgan fingerprint density at radius 1 is 0.769 bits per heavy atom. The zero-order valence-corrected chi connectivity index (χ0v) is 21.6. The molecule has 4 rings (SSSR count). The molecule has 0 aromatic heterocycles. The molecule has 10 heteroatoms. The second kappa shape index (κ2) is 12.8. The Hall–Kier alpha value is -4.50. The van der Waals surface area contributed by atoms with E-state index in [9.17, 15) is 19.5 Å². The Bertz CT molecular complexity index is 1510. The molecule has 4 aromatic rings. The number of nitrogens with zero attached hydrogens (tertiary/aromatic N) is 1. The van der Waals surface area contributed by atoms with Gasteiger partial charge in [0, 0.05) is 21.7 Å². The Morgan fingerprint density at radius 2 is 1.33 bits per heavy atom. The summed E-state index contributed by atoms with van der Waals surface area (Å²) in [7, 11) is 0. The van der Waals surface area contributed by atoms with Gasteiger partial charge >= 0.3 is 11.9 Å². The van der Waals surface area contributed by atoms with Crippen molar-refractivity contribution in [2.24, 2.45) is 5.10 Å². The third-order valence-corrected chi connectivity index (χ3v) is 5.80. The average molecular weight is 563 g/mol. The summed E-state index contributed by atoms with van der Waals surface area (Å²) in [4.78, 5) is 37.6. The number of hydrogen-bond donors (Lipinski definition) is 2. The van der Waals surface area contributed by atoms with E-state index in [4.69, 9.17) is 32.7 Å². The number of aliphatic hydroxyl groups excluding tert-OH is 1. The molecule has 4 aromatic carbocycles. The number of halogens is 2. The van der Waals surface area contributed by atoms with Gasteiger partial charge in [0.1, 0.15) is 11.5 Å². The third kappa shape index (κ3) is 7.52. The van der Waals surface area contributed by atoms with Crippen LogP contribution in [0.1, 0.15) is 37.9 Å². The van der Waals surface area contributed by atoms with Crippen LogP contribution in [0.25, 0.3) is 0 Å². The predicted molar refractivity (Wildman–Crippen MR) is 146 cm³/mol. The maximum Gasteiger partial charge on any atom is 0.343 e. The van der Waals surface area contributed by atoms with Crippen molar-refractivity contribution in [2.45, 2.75) is 6.10 Å². The van der Waals surface area contributed by atoms with Crippen LogP contribution in [-0.4, -0.2) is 29.2 Å². The van der Waals surface area contributed by atoms with E-state index < -0.39 is 23.9 Å². The normalized spacial score (nSPS) is 11.6. The van der Waals surface area contributed by atoms with Crippen LogP contribution < -0.4 is 14.9 Å². The number of esters is 2. The van der Waals surface area contributed by atoms with Crippen LogP contribution in [0.15, 0.2) is 102 Å². The van der Waals surface area contributed by atoms with Crippen LogP contribution >= 0.6 is 23.2 Å². The minimum absolute atomic E-state index is 0.00189. The highest BCUT2D eigenvalue weighted by atomic mass is 35.5. The van der Waals surface area contributed by atoms with Gasteiger partial charge in [-0.05, 0) is 66.2 Å². The summed E-state index contributed by atoms with van der Waals surface area (Å²) in [6.07, 6.45) is -0.203. The van der Waals surface area contributed by atoms with Crippen molar-refractivity contribution in [2.75, 3.05) is 0 Å². The highest BCUT2D eigenvalue weighted by Crippen LogP contribution is 2.26. The van der Waals surface area contributed by atoms with Crippen LogP contribution in [-0.2, 0) is 4.79 Å². The summed E-state index contributed by atoms with van der Waals surface area (Å²) in [6.45, 7) is 0. The van der Waals surface area contributed by atoms with E-state index in [0.717, 1.165) is 0 Å². The van der Waals surface area contributed by atoms with Crippen molar-refractivity contribution in [3.8, 4) is 11.5 Å². The molecule has 0 aliphatic heterocycles. The topological polar surface area (TPSA) is 114 Å². The fourth-order valence-corrected chi connectivity index (χ4v) is 3.54. The van der Waals surface area contributed by atoms with Crippen molar-refractivity contribution < 1.29 is 29.0 Å². The molecule has 0 heterocycles. The smallest absolute Gasteiger partial charge is 0.343 e. The monoisotopic (exact) mass is 562 g/mol. The lowest BCUT2D eigenvalue weighted by Crippen LogP contribution is -2.25. The van der Waals surface area contributed by atoms with Crippen LogP contribution in [0.4, 0.5) is 0 Å². The first-order valence-electron chi connectivity index (χ1n) is 11.5. The Kier molecular flexibility index (Phi) is 9.06.